The van der Waals surface area contributed by atoms with Gasteiger partial charge in [-0.2, -0.15) is 0 Å². The van der Waals surface area contributed by atoms with E-state index < -0.39 is 5.97 Å². The first-order valence-corrected chi connectivity index (χ1v) is 9.22. The third kappa shape index (κ3) is 3.71. The van der Waals surface area contributed by atoms with Gasteiger partial charge in [-0.15, -0.1) is 0 Å². The number of aromatic nitrogens is 1. The second kappa shape index (κ2) is 8.16. The van der Waals surface area contributed by atoms with E-state index in [0.29, 0.717) is 53.4 Å². The molecule has 3 rings (SSSR count). The highest BCUT2D eigenvalue weighted by Gasteiger charge is 2.24. The third-order valence-corrected chi connectivity index (χ3v) is 4.79. The number of esters is 1. The lowest BCUT2D eigenvalue weighted by molar-refractivity contribution is 0.0599. The number of carbonyl (C=O) groups excluding carboxylic acids is 3. The number of hydrogen-bond donors (Lipinski definition) is 3. The lowest BCUT2D eigenvalue weighted by Crippen LogP contribution is -2.46. The highest BCUT2D eigenvalue weighted by molar-refractivity contribution is 6.07. The van der Waals surface area contributed by atoms with Gasteiger partial charge in [-0.3, -0.25) is 9.69 Å². The van der Waals surface area contributed by atoms with E-state index in [0.717, 1.165) is 6.42 Å². The number of ether oxygens (including phenoxy) is 1. The molecule has 0 saturated carbocycles. The molecule has 8 heteroatoms. The van der Waals surface area contributed by atoms with Crippen LogP contribution in [0.5, 0.6) is 0 Å². The summed E-state index contributed by atoms with van der Waals surface area (Å²) >= 11 is 0. The fraction of sp³-hybridized carbons (Fsp3) is 0.350. The van der Waals surface area contributed by atoms with Crippen LogP contribution in [0.4, 0.5) is 16.2 Å². The molecule has 1 aromatic heterocycles. The van der Waals surface area contributed by atoms with Crippen molar-refractivity contribution in [2.45, 2.75) is 26.7 Å². The fourth-order valence-electron chi connectivity index (χ4n) is 3.35. The van der Waals surface area contributed by atoms with Gasteiger partial charge in [0.2, 0.25) is 0 Å². The van der Waals surface area contributed by atoms with Crippen molar-refractivity contribution in [2.75, 3.05) is 30.4 Å². The van der Waals surface area contributed by atoms with Gasteiger partial charge in [-0.25, -0.2) is 9.59 Å². The molecule has 2 heterocycles. The average Bonchev–Trinajstić information content (AvgIpc) is 3.04. The number of aryl methyl sites for hydroxylation is 1. The third-order valence-electron chi connectivity index (χ3n) is 4.79. The van der Waals surface area contributed by atoms with Crippen LogP contribution >= 0.6 is 0 Å². The molecular formula is C20H24N4O4. The minimum atomic E-state index is -0.470. The van der Waals surface area contributed by atoms with Crippen molar-refractivity contribution < 1.29 is 19.1 Å². The Bertz CT molecular complexity index is 919. The zero-order chi connectivity index (χ0) is 20.3. The molecule has 1 aliphatic rings. The molecule has 3 amide bonds. The number of benzene rings is 1. The Labute approximate surface area is 163 Å². The summed E-state index contributed by atoms with van der Waals surface area (Å²) in [6, 6.07) is 6.97. The Morgan fingerprint density at radius 2 is 2.11 bits per heavy atom. The van der Waals surface area contributed by atoms with Crippen LogP contribution in [-0.4, -0.2) is 43.1 Å². The van der Waals surface area contributed by atoms with E-state index in [4.69, 9.17) is 4.74 Å². The Kier molecular flexibility index (Phi) is 5.67. The quantitative estimate of drug-likeness (QED) is 0.690. The smallest absolute Gasteiger partial charge is 0.339 e. The second-order valence-corrected chi connectivity index (χ2v) is 6.57. The summed E-state index contributed by atoms with van der Waals surface area (Å²) in [5, 5.41) is 5.64. The normalized spacial score (nSPS) is 13.8. The van der Waals surface area contributed by atoms with E-state index in [2.05, 4.69) is 15.6 Å². The van der Waals surface area contributed by atoms with Gasteiger partial charge >= 0.3 is 12.0 Å². The fourth-order valence-corrected chi connectivity index (χ4v) is 3.35. The van der Waals surface area contributed by atoms with Crippen LogP contribution in [0.25, 0.3) is 0 Å². The first kappa shape index (κ1) is 19.5. The predicted molar refractivity (Wildman–Crippen MR) is 106 cm³/mol. The molecule has 0 spiro atoms. The van der Waals surface area contributed by atoms with Gasteiger partial charge in [0.1, 0.15) is 5.69 Å². The van der Waals surface area contributed by atoms with Crippen LogP contribution < -0.4 is 15.5 Å². The lowest BCUT2D eigenvalue weighted by atomic mass is 10.1. The number of nitrogens with one attached hydrogen (secondary N) is 3. The summed E-state index contributed by atoms with van der Waals surface area (Å²) in [6.07, 6.45) is 1.43. The van der Waals surface area contributed by atoms with E-state index in [-0.39, 0.29) is 11.9 Å². The number of H-pyrrole nitrogens is 1. The molecule has 1 aliphatic heterocycles. The zero-order valence-corrected chi connectivity index (χ0v) is 16.2. The van der Waals surface area contributed by atoms with Gasteiger partial charge in [0.25, 0.3) is 5.91 Å². The monoisotopic (exact) mass is 384 g/mol. The number of hydrogen-bond acceptors (Lipinski definition) is 4. The molecule has 0 unspecified atom stereocenters. The van der Waals surface area contributed by atoms with Gasteiger partial charge in [-0.1, -0.05) is 13.0 Å². The number of carbonyl (C=O) groups is 3. The molecule has 0 aliphatic carbocycles. The summed E-state index contributed by atoms with van der Waals surface area (Å²) in [5.74, 6) is -0.828. The minimum absolute atomic E-state index is 0.148. The summed E-state index contributed by atoms with van der Waals surface area (Å²) in [6.45, 7) is 4.90. The molecule has 3 N–H and O–H groups in total. The maximum atomic E-state index is 12.8. The van der Waals surface area contributed by atoms with Crippen LogP contribution in [0.15, 0.2) is 24.3 Å². The molecule has 2 aromatic rings. The van der Waals surface area contributed by atoms with E-state index in [9.17, 15) is 14.4 Å². The van der Waals surface area contributed by atoms with Crippen LogP contribution in [0.1, 0.15) is 45.4 Å². The summed E-state index contributed by atoms with van der Waals surface area (Å²) in [7, 11) is 1.32. The first-order valence-electron chi connectivity index (χ1n) is 9.22. The van der Waals surface area contributed by atoms with Gasteiger partial charge in [-0.05, 0) is 43.5 Å². The van der Waals surface area contributed by atoms with Crippen molar-refractivity contribution in [3.8, 4) is 0 Å². The summed E-state index contributed by atoms with van der Waals surface area (Å²) in [4.78, 5) is 41.5. The molecule has 0 radical (unpaired) electrons. The van der Waals surface area contributed by atoms with E-state index in [1.165, 1.54) is 7.11 Å². The topological polar surface area (TPSA) is 104 Å². The van der Waals surface area contributed by atoms with Crippen molar-refractivity contribution in [3.63, 3.8) is 0 Å². The lowest BCUT2D eigenvalue weighted by Gasteiger charge is -2.27. The molecule has 8 nitrogen and oxygen atoms in total. The maximum absolute atomic E-state index is 12.8. The second-order valence-electron chi connectivity index (χ2n) is 6.57. The molecule has 148 valence electrons. The highest BCUT2D eigenvalue weighted by Crippen LogP contribution is 2.24. The van der Waals surface area contributed by atoms with Crippen LogP contribution in [-0.2, 0) is 11.2 Å². The number of rotatable bonds is 5. The van der Waals surface area contributed by atoms with E-state index in [1.54, 1.807) is 30.0 Å². The maximum Gasteiger partial charge on any atom is 0.339 e. The van der Waals surface area contributed by atoms with Crippen molar-refractivity contribution in [1.82, 2.24) is 10.3 Å². The summed E-state index contributed by atoms with van der Waals surface area (Å²) in [5.41, 5.74) is 3.20. The number of methoxy groups -OCH3 is 1. The largest absolute Gasteiger partial charge is 0.465 e. The standard InChI is InChI=1S/C20H24N4O4/c1-4-15-16(19(26)28-3)12(2)17(23-15)18(25)22-13-7-5-8-14(11-13)24-10-6-9-21-20(24)27/h5,7-8,11,23H,4,6,9-10H2,1-3H3,(H,21,27)(H,22,25). The van der Waals surface area contributed by atoms with Gasteiger partial charge < -0.3 is 20.4 Å². The highest BCUT2D eigenvalue weighted by atomic mass is 16.5. The zero-order valence-electron chi connectivity index (χ0n) is 16.2. The van der Waals surface area contributed by atoms with Crippen LogP contribution in [0.3, 0.4) is 0 Å². The number of amides is 3. The molecule has 0 atom stereocenters. The van der Waals surface area contributed by atoms with Crippen molar-refractivity contribution in [2.24, 2.45) is 0 Å². The Morgan fingerprint density at radius 3 is 2.79 bits per heavy atom. The molecule has 1 aromatic carbocycles. The average molecular weight is 384 g/mol. The molecule has 28 heavy (non-hydrogen) atoms. The van der Waals surface area contributed by atoms with Crippen LogP contribution in [0.2, 0.25) is 0 Å². The van der Waals surface area contributed by atoms with Gasteiger partial charge in [0.05, 0.1) is 12.7 Å². The first-order chi connectivity index (χ1) is 13.5. The van der Waals surface area contributed by atoms with E-state index in [1.807, 2.05) is 13.0 Å². The van der Waals surface area contributed by atoms with Crippen molar-refractivity contribution >= 4 is 29.3 Å². The van der Waals surface area contributed by atoms with Crippen LogP contribution in [0, 0.1) is 6.92 Å². The Morgan fingerprint density at radius 1 is 1.32 bits per heavy atom. The number of urea groups is 1. The molecule has 1 fully saturated rings. The SMILES string of the molecule is CCc1[nH]c(C(=O)Nc2cccc(N3CCCNC3=O)c2)c(C)c1C(=O)OC. The van der Waals surface area contributed by atoms with Gasteiger partial charge in [0, 0.05) is 30.2 Å². The van der Waals surface area contributed by atoms with Crippen molar-refractivity contribution in [1.29, 1.82) is 0 Å². The predicted octanol–water partition coefficient (Wildman–Crippen LogP) is 2.84. The molecule has 1 saturated heterocycles. The molecular weight excluding hydrogens is 360 g/mol. The van der Waals surface area contributed by atoms with Gasteiger partial charge in [0.15, 0.2) is 0 Å². The number of aromatic amines is 1. The summed E-state index contributed by atoms with van der Waals surface area (Å²) < 4.78 is 4.83. The number of nitrogens with zero attached hydrogens (tertiary/aromatic N) is 1. The number of anilines is 2. The van der Waals surface area contributed by atoms with E-state index >= 15 is 0 Å². The Balaban J connectivity index is 1.84. The minimum Gasteiger partial charge on any atom is -0.465 e. The Hall–Kier alpha value is -3.29. The van der Waals surface area contributed by atoms with Crippen molar-refractivity contribution in [3.05, 3.63) is 46.8 Å². The molecule has 0 bridgehead atoms.